The van der Waals surface area contributed by atoms with Crippen LogP contribution in [0.5, 0.6) is 0 Å². The average Bonchev–Trinajstić information content (AvgIpc) is 1.74. The van der Waals surface area contributed by atoms with Crippen LogP contribution < -0.4 is 56.5 Å². The van der Waals surface area contributed by atoms with Gasteiger partial charge in [0.15, 0.2) is 5.03 Å². The zero-order valence-corrected chi connectivity index (χ0v) is 79.2. The fourth-order valence-corrected chi connectivity index (χ4v) is 18.2. The lowest BCUT2D eigenvalue weighted by molar-refractivity contribution is -0.129. The minimum atomic E-state index is -3.96. The van der Waals surface area contributed by atoms with Crippen molar-refractivity contribution in [3.05, 3.63) is 277 Å². The highest BCUT2D eigenvalue weighted by Gasteiger charge is 2.40. The Morgan fingerprint density at radius 2 is 0.837 bits per heavy atom. The molecule has 0 aliphatic carbocycles. The number of piperidine rings is 1. The van der Waals surface area contributed by atoms with E-state index in [1.54, 1.807) is 111 Å². The Labute approximate surface area is 806 Å². The van der Waals surface area contributed by atoms with Crippen LogP contribution in [0, 0.1) is 58.6 Å². The fourth-order valence-electron chi connectivity index (χ4n) is 14.4. The van der Waals surface area contributed by atoms with Crippen molar-refractivity contribution in [2.75, 3.05) is 119 Å². The molecule has 4 saturated heterocycles. The van der Waals surface area contributed by atoms with Crippen LogP contribution in [-0.2, 0) is 82.9 Å². The third-order valence-electron chi connectivity index (χ3n) is 21.2. The first-order valence-electron chi connectivity index (χ1n) is 42.4. The number of morpholine rings is 1. The first kappa shape index (κ1) is 104. The lowest BCUT2D eigenvalue weighted by Crippen LogP contribution is -2.59. The minimum Gasteiger partial charge on any atom is -0.444 e. The number of nitrogens with one attached hydrogen (secondary N) is 9. The molecule has 9 N–H and O–H groups in total. The number of hydrogen-bond donors (Lipinski definition) is 9. The molecule has 718 valence electrons. The van der Waals surface area contributed by atoms with Gasteiger partial charge in [-0.15, -0.1) is 0 Å². The van der Waals surface area contributed by atoms with Crippen molar-refractivity contribution in [1.82, 2.24) is 30.4 Å². The molecule has 16 rings (SSSR count). The van der Waals surface area contributed by atoms with Crippen LogP contribution in [0.3, 0.4) is 0 Å². The van der Waals surface area contributed by atoms with Crippen molar-refractivity contribution in [2.45, 2.75) is 87.0 Å². The summed E-state index contributed by atoms with van der Waals surface area (Å²) in [7, 11) is -6.14. The van der Waals surface area contributed by atoms with Crippen molar-refractivity contribution < 1.29 is 91.0 Å². The number of anilines is 8. The van der Waals surface area contributed by atoms with E-state index in [4.69, 9.17) is 83.8 Å². The molecule has 42 heteroatoms. The van der Waals surface area contributed by atoms with Crippen LogP contribution in [0.2, 0.25) is 30.1 Å². The number of sulfonamides is 2. The highest BCUT2D eigenvalue weighted by atomic mass is 35.5. The number of hydrogen-bond acceptors (Lipinski definition) is 18. The number of carbonyl (C=O) groups is 7. The van der Waals surface area contributed by atoms with Crippen molar-refractivity contribution >= 4 is 177 Å². The van der Waals surface area contributed by atoms with Crippen LogP contribution in [0.15, 0.2) is 211 Å². The number of aromatic nitrogens is 2. The summed E-state index contributed by atoms with van der Waals surface area (Å²) in [6.07, 6.45) is 6.01. The van der Waals surface area contributed by atoms with Gasteiger partial charge >= 0.3 is 6.09 Å². The molecule has 9 aromatic carbocycles. The van der Waals surface area contributed by atoms with Crippen LogP contribution in [0.4, 0.5) is 76.6 Å². The number of carbonyl (C=O) groups excluding carboxylic acids is 7. The van der Waals surface area contributed by atoms with Gasteiger partial charge in [0.05, 0.1) is 89.6 Å². The molecule has 6 aliphatic heterocycles. The molecule has 6 aliphatic rings. The number of para-hydroxylation sites is 2. The standard InChI is InChI=1S/C22H18ClFN2O3S.C20H18ClFN4O3S.C16H21ClFN3O3.C12H14ClFN2O.C12H13ClFNO2.C11H12ClFN2O2/c23-19-11-10-17(13-20(19)24)25-22(27)16-12-15-6-4-5-9-21(15)26(14-16)30(28,29)18-7-2-1-3-8-18;1-25-11-19(23-12-25)30(28,29)26-10-14(8-13-4-2-3-5-18(13)26)20(27)24-15-6-7-16(21)17(22)9-15;1-16(2,3)24-15(23)21-7-6-19-9-13(21)14(22)20-10-4-5-11(17)12(18)8-10;13-10-4-3-9(6-11(10)14)16-12(17)8-2-1-5-15-7-8;13-10-4-3-9(6-11(10)14)15-12(16)8-2-1-5-17-7-8;12-8-2-1-7(5-9(8)13)15-11(16)10-6-14-3-4-17-10/h1-11,13,16H,12,14H2,(H,25,27);2-7,9,11-12,14H,8,10H2,1H3,(H,24,27);4-5,8,13,19H,6-7,9H2,1-3H3,(H,20,22);3-4,6,8,15H,1-2,5,7H2,(H,16,17);3-4,6,8H,1-2,5,7H2,(H,15,16);1-2,5,10,14H,3-4,6H2,(H,15,16)/t;;;8-;;/m...0../s1. The van der Waals surface area contributed by atoms with Crippen molar-refractivity contribution in [3.63, 3.8) is 0 Å². The van der Waals surface area contributed by atoms with Crippen LogP contribution in [0.25, 0.3) is 0 Å². The topological polar surface area (TPSA) is 351 Å². The lowest BCUT2D eigenvalue weighted by atomic mass is 9.93. The maximum Gasteiger partial charge on any atom is 0.411 e. The van der Waals surface area contributed by atoms with E-state index in [1.807, 2.05) is 6.07 Å². The van der Waals surface area contributed by atoms with E-state index in [1.165, 1.54) is 111 Å². The van der Waals surface area contributed by atoms with Crippen LogP contribution in [-0.4, -0.2) is 169 Å². The summed E-state index contributed by atoms with van der Waals surface area (Å²) in [4.78, 5) is 91.5. The van der Waals surface area contributed by atoms with E-state index >= 15 is 0 Å². The molecule has 4 fully saturated rings. The van der Waals surface area contributed by atoms with Crippen molar-refractivity contribution in [2.24, 2.45) is 30.7 Å². The van der Waals surface area contributed by atoms with E-state index in [2.05, 4.69) is 52.8 Å². The molecule has 6 atom stereocenters. The van der Waals surface area contributed by atoms with Gasteiger partial charge in [-0.25, -0.2) is 44.5 Å². The zero-order valence-electron chi connectivity index (χ0n) is 73.0. The van der Waals surface area contributed by atoms with Crippen LogP contribution in [0.1, 0.15) is 57.6 Å². The van der Waals surface area contributed by atoms with Gasteiger partial charge in [0.25, 0.3) is 26.0 Å². The molecule has 135 heavy (non-hydrogen) atoms. The minimum absolute atomic E-state index is 0.0177. The second-order valence-electron chi connectivity index (χ2n) is 32.4. The quantitative estimate of drug-likeness (QED) is 0.0406. The smallest absolute Gasteiger partial charge is 0.411 e. The normalized spacial score (nSPS) is 18.0. The van der Waals surface area contributed by atoms with Gasteiger partial charge in [0.2, 0.25) is 29.5 Å². The number of nitrogens with zero attached hydrogens (tertiary/aromatic N) is 5. The number of halogens is 12. The summed E-state index contributed by atoms with van der Waals surface area (Å²) in [6, 6.07) is 46.0. The van der Waals surface area contributed by atoms with Gasteiger partial charge < -0.3 is 66.6 Å². The van der Waals surface area contributed by atoms with Gasteiger partial charge in [-0.3, -0.25) is 42.3 Å². The largest absolute Gasteiger partial charge is 0.444 e. The molecule has 1 aromatic heterocycles. The monoisotopic (exact) mass is 2020 g/mol. The van der Waals surface area contributed by atoms with E-state index in [0.29, 0.717) is 93.8 Å². The molecular formula is C93H96Cl6F6N14O14S2. The number of rotatable bonds is 16. The number of piperazine rings is 1. The Morgan fingerprint density at radius 3 is 1.23 bits per heavy atom. The van der Waals surface area contributed by atoms with E-state index in [0.717, 1.165) is 68.1 Å². The number of fused-ring (bicyclic) bond motifs is 2. The average molecular weight is 2020 g/mol. The molecule has 0 saturated carbocycles. The first-order chi connectivity index (χ1) is 64.3. The van der Waals surface area contributed by atoms with E-state index in [9.17, 15) is 76.7 Å². The summed E-state index contributed by atoms with van der Waals surface area (Å²) in [5.74, 6) is -6.76. The number of imidazole rings is 1. The Morgan fingerprint density at radius 1 is 0.444 bits per heavy atom. The predicted octanol–water partition coefficient (Wildman–Crippen LogP) is 17.0. The van der Waals surface area contributed by atoms with Crippen LogP contribution >= 0.6 is 69.6 Å². The molecule has 0 spiro atoms. The Kier molecular flexibility index (Phi) is 37.6. The summed E-state index contributed by atoms with van der Waals surface area (Å²) in [5, 5.41) is 25.0. The highest BCUT2D eigenvalue weighted by Crippen LogP contribution is 2.38. The van der Waals surface area contributed by atoms with E-state index in [-0.39, 0.29) is 106 Å². The zero-order chi connectivity index (χ0) is 97.4. The molecule has 0 bridgehead atoms. The highest BCUT2D eigenvalue weighted by molar-refractivity contribution is 7.93. The van der Waals surface area contributed by atoms with Gasteiger partial charge in [-0.1, -0.05) is 124 Å². The Balaban J connectivity index is 0.000000158. The second kappa shape index (κ2) is 48.6. The Bertz CT molecular complexity index is 5940. The molecule has 7 heterocycles. The second-order valence-corrected chi connectivity index (χ2v) is 38.6. The summed E-state index contributed by atoms with van der Waals surface area (Å²) in [6.45, 7) is 10.9. The molecular weight excluding hydrogens is 1930 g/mol. The maximum absolute atomic E-state index is 13.7. The Hall–Kier alpha value is -11.1. The molecule has 5 unspecified atom stereocenters. The van der Waals surface area contributed by atoms with Crippen molar-refractivity contribution in [3.8, 4) is 0 Å². The summed E-state index contributed by atoms with van der Waals surface area (Å²) < 4.78 is 153. The number of aryl methyl sites for hydroxylation is 1. The fraction of sp³-hybridized carbons (Fsp3) is 0.312. The van der Waals surface area contributed by atoms with Gasteiger partial charge in [0, 0.05) is 106 Å². The van der Waals surface area contributed by atoms with Gasteiger partial charge in [-0.2, -0.15) is 8.42 Å². The third kappa shape index (κ3) is 29.7. The summed E-state index contributed by atoms with van der Waals surface area (Å²) in [5.41, 5.74) is 3.93. The van der Waals surface area contributed by atoms with Crippen molar-refractivity contribution in [1.29, 1.82) is 0 Å². The third-order valence-corrected chi connectivity index (χ3v) is 26.5. The van der Waals surface area contributed by atoms with Gasteiger partial charge in [-0.05, 0) is 210 Å². The van der Waals surface area contributed by atoms with E-state index < -0.39 is 102 Å². The molecule has 10 aromatic rings. The first-order valence-corrected chi connectivity index (χ1v) is 47.5. The predicted molar refractivity (Wildman–Crippen MR) is 508 cm³/mol. The molecule has 0 radical (unpaired) electrons. The number of benzene rings is 9. The lowest BCUT2D eigenvalue weighted by Gasteiger charge is -2.36. The SMILES string of the molecule is CC(C)(C)OC(=O)N1CCNCC1C(=O)Nc1ccc(Cl)c(F)c1.Cn1cnc(S(=O)(=O)N2CC(C(=O)Nc3ccc(Cl)c(F)c3)Cc3ccccc32)c1.O=C(Nc1ccc(Cl)c(F)c1)C1CCCOC1.O=C(Nc1ccc(Cl)c(F)c1)C1CNCCO1.O=C(Nc1ccc(Cl)c(F)c1)C1Cc2ccccc2N(S(=O)(=O)c2ccccc2)C1.O=C(Nc1ccc(Cl)c(F)c1)[C@H]1CCCNC1. The number of ether oxygens (including phenoxy) is 3. The van der Waals surface area contributed by atoms with Gasteiger partial charge in [0.1, 0.15) is 52.7 Å². The maximum atomic E-state index is 13.7. The molecule has 28 nitrogen and oxygen atoms in total. The molecule has 7 amide bonds. The summed E-state index contributed by atoms with van der Waals surface area (Å²) >= 11 is 33.7. The number of amides is 7.